The molecule has 0 aromatic carbocycles. The van der Waals surface area contributed by atoms with Gasteiger partial charge in [0, 0.05) is 19.0 Å². The number of nitrogens with one attached hydrogen (secondary N) is 2. The Morgan fingerprint density at radius 1 is 1.06 bits per heavy atom. The maximum absolute atomic E-state index is 12.7. The van der Waals surface area contributed by atoms with Gasteiger partial charge in [-0.05, 0) is 49.4 Å². The van der Waals surface area contributed by atoms with Crippen LogP contribution in [0.3, 0.4) is 0 Å². The number of carbonyl (C=O) groups is 3. The van der Waals surface area contributed by atoms with Gasteiger partial charge < -0.3 is 20.8 Å². The van der Waals surface area contributed by atoms with Gasteiger partial charge in [-0.15, -0.1) is 0 Å². The molecule has 6 atom stereocenters. The molecule has 2 amide bonds. The number of allylic oxidation sites excluding steroid dienone is 9. The van der Waals surface area contributed by atoms with Crippen LogP contribution in [-0.4, -0.2) is 46.5 Å². The molecule has 7 nitrogen and oxygen atoms in total. The number of rotatable bonds is 0. The van der Waals surface area contributed by atoms with Crippen LogP contribution in [0.5, 0.6) is 0 Å². The van der Waals surface area contributed by atoms with Gasteiger partial charge in [0.2, 0.25) is 5.91 Å². The number of aliphatic hydroxyl groups is 2. The second-order valence-corrected chi connectivity index (χ2v) is 9.46. The van der Waals surface area contributed by atoms with E-state index in [1.807, 2.05) is 12.2 Å². The molecule has 7 heteroatoms. The molecule has 0 aromatic rings. The van der Waals surface area contributed by atoms with Crippen molar-refractivity contribution < 1.29 is 24.6 Å². The average Bonchev–Trinajstić information content (AvgIpc) is 3.43. The van der Waals surface area contributed by atoms with Crippen molar-refractivity contribution in [2.75, 3.05) is 6.54 Å². The van der Waals surface area contributed by atoms with Gasteiger partial charge >= 0.3 is 0 Å². The summed E-state index contributed by atoms with van der Waals surface area (Å²) < 4.78 is 0. The number of hydrogen-bond acceptors (Lipinski definition) is 5. The van der Waals surface area contributed by atoms with Crippen molar-refractivity contribution in [1.29, 1.82) is 0 Å². The van der Waals surface area contributed by atoms with E-state index >= 15 is 0 Å². The lowest BCUT2D eigenvalue weighted by Crippen LogP contribution is -2.42. The average molecular weight is 465 g/mol. The van der Waals surface area contributed by atoms with Crippen LogP contribution in [0.4, 0.5) is 0 Å². The minimum Gasteiger partial charge on any atom is -0.511 e. The summed E-state index contributed by atoms with van der Waals surface area (Å²) in [6.07, 6.45) is 17.1. The molecular weight excluding hydrogens is 432 g/mol. The summed E-state index contributed by atoms with van der Waals surface area (Å²) in [6.45, 7) is 4.34. The van der Waals surface area contributed by atoms with Crippen molar-refractivity contribution in [2.45, 2.75) is 44.2 Å². The number of aliphatic hydroxyl groups excluding tert-OH is 2. The van der Waals surface area contributed by atoms with E-state index in [9.17, 15) is 24.6 Å². The minimum absolute atomic E-state index is 0.0906. The van der Waals surface area contributed by atoms with Crippen molar-refractivity contribution >= 4 is 17.6 Å². The van der Waals surface area contributed by atoms with Crippen molar-refractivity contribution in [2.24, 2.45) is 23.7 Å². The van der Waals surface area contributed by atoms with Crippen LogP contribution in [0.1, 0.15) is 32.1 Å². The van der Waals surface area contributed by atoms with E-state index in [-0.39, 0.29) is 36.6 Å². The van der Waals surface area contributed by atoms with Crippen LogP contribution in [0.15, 0.2) is 72.1 Å². The van der Waals surface area contributed by atoms with Gasteiger partial charge in [-0.1, -0.05) is 54.7 Å². The fourth-order valence-corrected chi connectivity index (χ4v) is 5.53. The van der Waals surface area contributed by atoms with Gasteiger partial charge in [-0.3, -0.25) is 14.4 Å². The predicted molar refractivity (Wildman–Crippen MR) is 128 cm³/mol. The zero-order chi connectivity index (χ0) is 24.2. The number of ketones is 1. The molecule has 34 heavy (non-hydrogen) atoms. The van der Waals surface area contributed by atoms with E-state index in [1.165, 1.54) is 11.6 Å². The number of Topliss-reactive ketones (excluding diaryl/α,β-unsaturated/α-hetero) is 1. The van der Waals surface area contributed by atoms with Crippen molar-refractivity contribution in [1.82, 2.24) is 10.6 Å². The molecule has 0 unspecified atom stereocenters. The summed E-state index contributed by atoms with van der Waals surface area (Å²) in [5.41, 5.74) is 0.889. The number of amides is 2. The molecule has 2 aliphatic carbocycles. The Morgan fingerprint density at radius 2 is 1.88 bits per heavy atom. The van der Waals surface area contributed by atoms with Crippen molar-refractivity contribution in [3.63, 3.8) is 0 Å². The van der Waals surface area contributed by atoms with Gasteiger partial charge in [0.1, 0.15) is 17.4 Å². The highest BCUT2D eigenvalue weighted by molar-refractivity contribution is 6.27. The molecule has 4 rings (SSSR count). The van der Waals surface area contributed by atoms with E-state index < -0.39 is 23.8 Å². The van der Waals surface area contributed by atoms with E-state index in [0.29, 0.717) is 30.1 Å². The Labute approximate surface area is 199 Å². The Bertz CT molecular complexity index is 1020. The van der Waals surface area contributed by atoms with Crippen molar-refractivity contribution in [3.8, 4) is 0 Å². The maximum Gasteiger partial charge on any atom is 0.259 e. The lowest BCUT2D eigenvalue weighted by Gasteiger charge is -2.19. The quantitative estimate of drug-likeness (QED) is 0.325. The van der Waals surface area contributed by atoms with Gasteiger partial charge in [-0.25, -0.2) is 0 Å². The Hall–Kier alpha value is -3.19. The third kappa shape index (κ3) is 4.99. The van der Waals surface area contributed by atoms with Crippen LogP contribution in [0.2, 0.25) is 0 Å². The smallest absolute Gasteiger partial charge is 0.259 e. The Balaban J connectivity index is 1.54. The largest absolute Gasteiger partial charge is 0.511 e. The van der Waals surface area contributed by atoms with Gasteiger partial charge in [0.25, 0.3) is 5.91 Å². The topological polar surface area (TPSA) is 116 Å². The first-order valence-corrected chi connectivity index (χ1v) is 12.0. The molecule has 2 fully saturated rings. The monoisotopic (exact) mass is 464 g/mol. The first-order valence-electron chi connectivity index (χ1n) is 12.0. The first-order chi connectivity index (χ1) is 16.4. The van der Waals surface area contributed by atoms with Crippen LogP contribution in [0, 0.1) is 23.7 Å². The SMILES string of the molecule is C=C1C=C[C@@H]2[C@H]3C/C=C\C=C\C(=O)NCC[C@H](O)[C@@H]4NC(=O)C(=C(O)CC/C=C/[C@@H]3C[C@H]12)C4=O. The third-order valence-electron chi connectivity index (χ3n) is 7.33. The summed E-state index contributed by atoms with van der Waals surface area (Å²) in [4.78, 5) is 37.0. The summed E-state index contributed by atoms with van der Waals surface area (Å²) in [5, 5.41) is 25.9. The van der Waals surface area contributed by atoms with E-state index in [2.05, 4.69) is 41.5 Å². The fourth-order valence-electron chi connectivity index (χ4n) is 5.53. The zero-order valence-corrected chi connectivity index (χ0v) is 19.2. The molecule has 1 saturated carbocycles. The maximum atomic E-state index is 12.7. The second kappa shape index (κ2) is 10.4. The molecular formula is C27H32N2O5. The molecule has 1 saturated heterocycles. The number of carbonyl (C=O) groups excluding carboxylic acids is 3. The number of fused-ring (bicyclic) bond motifs is 5. The van der Waals surface area contributed by atoms with Gasteiger partial charge in [0.05, 0.1) is 6.10 Å². The van der Waals surface area contributed by atoms with E-state index in [0.717, 1.165) is 12.8 Å². The van der Waals surface area contributed by atoms with Crippen LogP contribution >= 0.6 is 0 Å². The normalized spacial score (nSPS) is 37.6. The van der Waals surface area contributed by atoms with Crippen molar-refractivity contribution in [3.05, 3.63) is 72.1 Å². The second-order valence-electron chi connectivity index (χ2n) is 9.46. The molecule has 0 radical (unpaired) electrons. The zero-order valence-electron chi connectivity index (χ0n) is 19.2. The van der Waals surface area contributed by atoms with Crippen LogP contribution in [0.25, 0.3) is 0 Å². The first kappa shape index (κ1) is 24.0. The van der Waals surface area contributed by atoms with Gasteiger partial charge in [0.15, 0.2) is 5.78 Å². The molecule has 0 spiro atoms. The predicted octanol–water partition coefficient (Wildman–Crippen LogP) is 2.58. The van der Waals surface area contributed by atoms with Crippen LogP contribution in [-0.2, 0) is 14.4 Å². The van der Waals surface area contributed by atoms with E-state index in [1.54, 1.807) is 6.08 Å². The minimum atomic E-state index is -1.17. The lowest BCUT2D eigenvalue weighted by molar-refractivity contribution is -0.118. The highest BCUT2D eigenvalue weighted by atomic mass is 16.3. The molecule has 4 aliphatic rings. The lowest BCUT2D eigenvalue weighted by atomic mass is 9.85. The molecule has 2 aliphatic heterocycles. The Morgan fingerprint density at radius 3 is 2.71 bits per heavy atom. The molecule has 2 heterocycles. The highest BCUT2D eigenvalue weighted by Gasteiger charge is 2.43. The molecule has 0 aromatic heterocycles. The number of hydrogen-bond donors (Lipinski definition) is 4. The highest BCUT2D eigenvalue weighted by Crippen LogP contribution is 2.51. The Kier molecular flexibility index (Phi) is 7.32. The molecule has 4 N–H and O–H groups in total. The summed E-state index contributed by atoms with van der Waals surface area (Å²) >= 11 is 0. The third-order valence-corrected chi connectivity index (χ3v) is 7.33. The fraction of sp³-hybridized carbons (Fsp3) is 0.444. The summed E-state index contributed by atoms with van der Waals surface area (Å²) in [5.74, 6) is -0.198. The molecule has 180 valence electrons. The summed E-state index contributed by atoms with van der Waals surface area (Å²) in [7, 11) is 0. The standard InChI is InChI=1S/C27H32N2O5/c1-16-11-12-19-18-8-3-2-4-10-23(32)28-14-13-22(31)25-26(33)24(27(34)29-25)21(30)9-6-5-7-17(18)15-20(16)19/h2-5,7,10-12,17-20,22,25,30-31H,1,6,8-9,13-15H2,(H,28,32)(H,29,34)/b3-2-,7-5+,10-4+,24-21?/t17-,18+,19-,20-,22+,25+/m1/s1. The van der Waals surface area contributed by atoms with E-state index in [4.69, 9.17) is 0 Å². The van der Waals surface area contributed by atoms with Gasteiger partial charge in [-0.2, -0.15) is 0 Å². The van der Waals surface area contributed by atoms with Crippen LogP contribution < -0.4 is 10.6 Å². The molecule has 2 bridgehead atoms. The summed E-state index contributed by atoms with van der Waals surface area (Å²) in [6, 6.07) is -1.12.